The SMILES string of the molecule is CN(CCS(C)(=O)=O)Cc1ccc(Cl)cc1N. The number of nitrogens with zero attached hydrogens (tertiary/aromatic N) is 1. The number of sulfone groups is 1. The van der Waals surface area contributed by atoms with Crippen molar-refractivity contribution in [3.63, 3.8) is 0 Å². The summed E-state index contributed by atoms with van der Waals surface area (Å²) in [6, 6.07) is 5.33. The molecule has 4 nitrogen and oxygen atoms in total. The van der Waals surface area contributed by atoms with Crippen molar-refractivity contribution in [2.24, 2.45) is 0 Å². The van der Waals surface area contributed by atoms with Crippen LogP contribution in [0.2, 0.25) is 5.02 Å². The van der Waals surface area contributed by atoms with E-state index in [2.05, 4.69) is 0 Å². The Morgan fingerprint density at radius 1 is 1.41 bits per heavy atom. The van der Waals surface area contributed by atoms with Crippen LogP contribution in [0.4, 0.5) is 5.69 Å². The van der Waals surface area contributed by atoms with Gasteiger partial charge < -0.3 is 10.6 Å². The lowest BCUT2D eigenvalue weighted by atomic mass is 10.2. The third-order valence-electron chi connectivity index (χ3n) is 2.39. The van der Waals surface area contributed by atoms with Crippen molar-refractivity contribution in [2.45, 2.75) is 6.54 Å². The number of halogens is 1. The van der Waals surface area contributed by atoms with Crippen LogP contribution in [-0.4, -0.2) is 38.9 Å². The minimum atomic E-state index is -2.92. The van der Waals surface area contributed by atoms with Crippen molar-refractivity contribution in [1.29, 1.82) is 0 Å². The number of hydrogen-bond donors (Lipinski definition) is 1. The largest absolute Gasteiger partial charge is 0.398 e. The Hall–Kier alpha value is -0.780. The monoisotopic (exact) mass is 276 g/mol. The second-order valence-corrected chi connectivity index (χ2v) is 6.91. The van der Waals surface area contributed by atoms with Crippen LogP contribution in [0, 0.1) is 0 Å². The molecule has 1 aromatic carbocycles. The molecule has 0 saturated carbocycles. The standard InChI is InChI=1S/C11H17ClN2O2S/c1-14(5-6-17(2,15)16)8-9-3-4-10(12)7-11(9)13/h3-4,7H,5-6,8,13H2,1-2H3. The van der Waals surface area contributed by atoms with Gasteiger partial charge in [0.2, 0.25) is 0 Å². The summed E-state index contributed by atoms with van der Waals surface area (Å²) < 4.78 is 22.1. The topological polar surface area (TPSA) is 63.4 Å². The van der Waals surface area contributed by atoms with Crippen molar-refractivity contribution < 1.29 is 8.42 Å². The maximum Gasteiger partial charge on any atom is 0.148 e. The van der Waals surface area contributed by atoms with Crippen molar-refractivity contribution >= 4 is 27.1 Å². The van der Waals surface area contributed by atoms with Crippen LogP contribution in [0.25, 0.3) is 0 Å². The predicted molar refractivity (Wildman–Crippen MR) is 71.9 cm³/mol. The van der Waals surface area contributed by atoms with Gasteiger partial charge in [-0.2, -0.15) is 0 Å². The van der Waals surface area contributed by atoms with Gasteiger partial charge in [0, 0.05) is 30.1 Å². The van der Waals surface area contributed by atoms with Gasteiger partial charge in [0.15, 0.2) is 0 Å². The molecule has 0 fully saturated rings. The number of rotatable bonds is 5. The van der Waals surface area contributed by atoms with E-state index in [9.17, 15) is 8.42 Å². The molecule has 1 rings (SSSR count). The summed E-state index contributed by atoms with van der Waals surface area (Å²) in [6.45, 7) is 1.10. The van der Waals surface area contributed by atoms with E-state index in [1.807, 2.05) is 18.0 Å². The fraction of sp³-hybridized carbons (Fsp3) is 0.455. The quantitative estimate of drug-likeness (QED) is 0.826. The Bertz CT molecular complexity index is 488. The van der Waals surface area contributed by atoms with E-state index >= 15 is 0 Å². The van der Waals surface area contributed by atoms with Gasteiger partial charge in [-0.05, 0) is 24.7 Å². The molecule has 0 aromatic heterocycles. The molecule has 1 aromatic rings. The van der Waals surface area contributed by atoms with Gasteiger partial charge >= 0.3 is 0 Å². The first-order valence-corrected chi connectivity index (χ1v) is 7.62. The van der Waals surface area contributed by atoms with Gasteiger partial charge in [-0.3, -0.25) is 0 Å². The van der Waals surface area contributed by atoms with E-state index in [-0.39, 0.29) is 5.75 Å². The highest BCUT2D eigenvalue weighted by atomic mass is 35.5. The van der Waals surface area contributed by atoms with Crippen molar-refractivity contribution in [3.05, 3.63) is 28.8 Å². The zero-order chi connectivity index (χ0) is 13.1. The molecule has 2 N–H and O–H groups in total. The summed E-state index contributed by atoms with van der Waals surface area (Å²) in [5.74, 6) is 0.150. The Morgan fingerprint density at radius 2 is 2.06 bits per heavy atom. The first-order chi connectivity index (χ1) is 7.78. The zero-order valence-corrected chi connectivity index (χ0v) is 11.6. The minimum absolute atomic E-state index is 0.150. The highest BCUT2D eigenvalue weighted by molar-refractivity contribution is 7.90. The van der Waals surface area contributed by atoms with Crippen LogP contribution >= 0.6 is 11.6 Å². The molecule has 0 bridgehead atoms. The molecule has 0 unspecified atom stereocenters. The second kappa shape index (κ2) is 5.71. The summed E-state index contributed by atoms with van der Waals surface area (Å²) in [5, 5.41) is 0.602. The van der Waals surface area contributed by atoms with Crippen LogP contribution in [-0.2, 0) is 16.4 Å². The maximum atomic E-state index is 11.0. The number of nitrogens with two attached hydrogens (primary N) is 1. The van der Waals surface area contributed by atoms with Crippen LogP contribution < -0.4 is 5.73 Å². The molecule has 0 atom stereocenters. The third-order valence-corrected chi connectivity index (χ3v) is 3.55. The van der Waals surface area contributed by atoms with Crippen molar-refractivity contribution in [3.8, 4) is 0 Å². The molecule has 0 saturated heterocycles. The van der Waals surface area contributed by atoms with E-state index in [0.717, 1.165) is 5.56 Å². The molecule has 0 aliphatic carbocycles. The van der Waals surface area contributed by atoms with E-state index in [4.69, 9.17) is 17.3 Å². The molecule has 96 valence electrons. The van der Waals surface area contributed by atoms with Crippen LogP contribution in [0.3, 0.4) is 0 Å². The maximum absolute atomic E-state index is 11.0. The molecule has 0 aliphatic heterocycles. The molecular formula is C11H17ClN2O2S. The van der Waals surface area contributed by atoms with Crippen LogP contribution in [0.1, 0.15) is 5.56 Å². The molecule has 0 spiro atoms. The Balaban J connectivity index is 2.59. The van der Waals surface area contributed by atoms with Crippen molar-refractivity contribution in [1.82, 2.24) is 4.90 Å². The predicted octanol–water partition coefficient (Wildman–Crippen LogP) is 1.40. The summed E-state index contributed by atoms with van der Waals surface area (Å²) in [5.41, 5.74) is 7.40. The van der Waals surface area contributed by atoms with Gasteiger partial charge in [-0.25, -0.2) is 8.42 Å². The molecule has 0 amide bonds. The number of benzene rings is 1. The molecule has 6 heteroatoms. The fourth-order valence-corrected chi connectivity index (χ4v) is 2.23. The van der Waals surface area contributed by atoms with Crippen LogP contribution in [0.15, 0.2) is 18.2 Å². The smallest absolute Gasteiger partial charge is 0.148 e. The highest BCUT2D eigenvalue weighted by Gasteiger charge is 2.08. The molecule has 17 heavy (non-hydrogen) atoms. The molecular weight excluding hydrogens is 260 g/mol. The number of hydrogen-bond acceptors (Lipinski definition) is 4. The molecule has 0 heterocycles. The molecule has 0 aliphatic rings. The Kier molecular flexibility index (Phi) is 4.80. The minimum Gasteiger partial charge on any atom is -0.398 e. The van der Waals surface area contributed by atoms with Crippen LogP contribution in [0.5, 0.6) is 0 Å². The lowest BCUT2D eigenvalue weighted by Gasteiger charge is -2.17. The number of anilines is 1. The summed E-state index contributed by atoms with van der Waals surface area (Å²) >= 11 is 5.80. The average Bonchev–Trinajstić information content (AvgIpc) is 2.18. The van der Waals surface area contributed by atoms with E-state index in [1.165, 1.54) is 6.26 Å². The Labute approximate surface area is 107 Å². The van der Waals surface area contributed by atoms with Gasteiger partial charge in [-0.1, -0.05) is 17.7 Å². The lowest BCUT2D eigenvalue weighted by molar-refractivity contribution is 0.347. The summed E-state index contributed by atoms with van der Waals surface area (Å²) in [7, 11) is -1.06. The van der Waals surface area contributed by atoms with Crippen molar-refractivity contribution in [2.75, 3.05) is 31.3 Å². The first-order valence-electron chi connectivity index (χ1n) is 5.18. The Morgan fingerprint density at radius 3 is 2.59 bits per heavy atom. The van der Waals surface area contributed by atoms with Gasteiger partial charge in [-0.15, -0.1) is 0 Å². The second-order valence-electron chi connectivity index (χ2n) is 4.21. The van der Waals surface area contributed by atoms with E-state index < -0.39 is 9.84 Å². The lowest BCUT2D eigenvalue weighted by Crippen LogP contribution is -2.25. The van der Waals surface area contributed by atoms with Gasteiger partial charge in [0.1, 0.15) is 9.84 Å². The van der Waals surface area contributed by atoms with E-state index in [1.54, 1.807) is 12.1 Å². The fourth-order valence-electron chi connectivity index (χ4n) is 1.40. The molecule has 0 radical (unpaired) electrons. The first kappa shape index (κ1) is 14.3. The zero-order valence-electron chi connectivity index (χ0n) is 9.98. The normalized spacial score (nSPS) is 12.0. The van der Waals surface area contributed by atoms with Gasteiger partial charge in [0.25, 0.3) is 0 Å². The van der Waals surface area contributed by atoms with Gasteiger partial charge in [0.05, 0.1) is 5.75 Å². The third kappa shape index (κ3) is 5.39. The summed E-state index contributed by atoms with van der Waals surface area (Å²) in [4.78, 5) is 1.92. The number of nitrogen functional groups attached to an aromatic ring is 1. The van der Waals surface area contributed by atoms with E-state index in [0.29, 0.717) is 23.8 Å². The average molecular weight is 277 g/mol. The summed E-state index contributed by atoms with van der Waals surface area (Å²) in [6.07, 6.45) is 1.23. The highest BCUT2D eigenvalue weighted by Crippen LogP contribution is 2.19.